The molecule has 2 saturated heterocycles. The largest absolute Gasteiger partial charge is 0.377 e. The molecule has 1 aromatic carbocycles. The smallest absolute Gasteiger partial charge is 0.285 e. The first-order chi connectivity index (χ1) is 20.8. The number of benzene rings is 1. The highest BCUT2D eigenvalue weighted by molar-refractivity contribution is 7.89. The van der Waals surface area contributed by atoms with E-state index in [9.17, 15) is 18.0 Å². The number of piperazine rings is 1. The molecule has 0 spiro atoms. The molecule has 5 heterocycles. The van der Waals surface area contributed by atoms with Crippen LogP contribution in [0.2, 0.25) is 5.15 Å². The molecule has 0 radical (unpaired) electrons. The minimum atomic E-state index is -3.83. The summed E-state index contributed by atoms with van der Waals surface area (Å²) >= 11 is 6.05. The van der Waals surface area contributed by atoms with Gasteiger partial charge < -0.3 is 15.1 Å². The third-order valence-electron chi connectivity index (χ3n) is 8.29. The van der Waals surface area contributed by atoms with Crippen LogP contribution in [-0.4, -0.2) is 70.1 Å². The highest BCUT2D eigenvalue weighted by Crippen LogP contribution is 2.36. The number of anilines is 3. The van der Waals surface area contributed by atoms with Crippen LogP contribution < -0.4 is 25.4 Å². The van der Waals surface area contributed by atoms with Gasteiger partial charge in [0.25, 0.3) is 11.5 Å². The maximum atomic E-state index is 13.8. The lowest BCUT2D eigenvalue weighted by Crippen LogP contribution is -2.55. The molecule has 3 atom stereocenters. The van der Waals surface area contributed by atoms with Crippen molar-refractivity contribution in [2.45, 2.75) is 44.8 Å². The maximum Gasteiger partial charge on any atom is 0.285 e. The molecule has 2 N–H and O–H groups in total. The van der Waals surface area contributed by atoms with Crippen molar-refractivity contribution in [2.75, 3.05) is 34.5 Å². The van der Waals surface area contributed by atoms with Crippen LogP contribution in [0, 0.1) is 6.92 Å². The summed E-state index contributed by atoms with van der Waals surface area (Å²) in [5, 5.41) is 8.14. The van der Waals surface area contributed by atoms with Crippen LogP contribution in [0.15, 0.2) is 41.5 Å². The predicted octanol–water partition coefficient (Wildman–Crippen LogP) is 2.74. The van der Waals surface area contributed by atoms with E-state index >= 15 is 0 Å². The number of fused-ring (bicyclic) bond motifs is 3. The van der Waals surface area contributed by atoms with E-state index in [0.29, 0.717) is 16.9 Å². The van der Waals surface area contributed by atoms with Gasteiger partial charge in [-0.05, 0) is 50.5 Å². The highest BCUT2D eigenvalue weighted by Gasteiger charge is 2.42. The molecule has 2 fully saturated rings. The Morgan fingerprint density at radius 1 is 1.11 bits per heavy atom. The number of hydrogen-bond donors (Lipinski definition) is 2. The first-order valence-electron chi connectivity index (χ1n) is 14.3. The van der Waals surface area contributed by atoms with Crippen molar-refractivity contribution in [3.63, 3.8) is 0 Å². The van der Waals surface area contributed by atoms with Crippen LogP contribution in [0.5, 0.6) is 0 Å². The Bertz CT molecular complexity index is 1940. The van der Waals surface area contributed by atoms with E-state index < -0.39 is 22.0 Å². The standard InChI is InChI=1S/C29H34ClN9O4S/c1-16-10-21(17(2)32-23-8-9-24(30)33-26(23)27(40)35-44(5,42)43)25-22(11-16)28(41)37(4)29(34-25)39-18-6-7-19(39)15-38(14-18)20-12-31-36(3)13-20/h8-13,17-19,32H,6-7,14-15H2,1-5H3,(H,35,40)/t17-,18?,19?/m1/s1. The molecule has 232 valence electrons. The Kier molecular flexibility index (Phi) is 7.52. The predicted molar refractivity (Wildman–Crippen MR) is 170 cm³/mol. The minimum Gasteiger partial charge on any atom is -0.377 e. The van der Waals surface area contributed by atoms with Gasteiger partial charge in [0, 0.05) is 51.0 Å². The number of nitrogens with one attached hydrogen (secondary N) is 2. The molecule has 2 aliphatic rings. The fourth-order valence-corrected chi connectivity index (χ4v) is 6.95. The number of carbonyl (C=O) groups excluding carboxylic acids is 1. The van der Waals surface area contributed by atoms with Gasteiger partial charge in [0.15, 0.2) is 5.69 Å². The van der Waals surface area contributed by atoms with Crippen molar-refractivity contribution in [1.29, 1.82) is 0 Å². The second-order valence-electron chi connectivity index (χ2n) is 11.7. The summed E-state index contributed by atoms with van der Waals surface area (Å²) in [4.78, 5) is 40.5. The molecule has 2 unspecified atom stereocenters. The zero-order valence-electron chi connectivity index (χ0n) is 25.1. The first kappa shape index (κ1) is 29.9. The summed E-state index contributed by atoms with van der Waals surface area (Å²) < 4.78 is 28.9. The van der Waals surface area contributed by atoms with Gasteiger partial charge in [-0.25, -0.2) is 23.1 Å². The van der Waals surface area contributed by atoms with Gasteiger partial charge in [-0.15, -0.1) is 0 Å². The van der Waals surface area contributed by atoms with Crippen molar-refractivity contribution in [1.82, 2.24) is 29.0 Å². The summed E-state index contributed by atoms with van der Waals surface area (Å²) in [6.45, 7) is 5.40. The number of halogens is 1. The maximum absolute atomic E-state index is 13.8. The summed E-state index contributed by atoms with van der Waals surface area (Å²) in [5.41, 5.74) is 3.26. The molecule has 2 bridgehead atoms. The zero-order chi connectivity index (χ0) is 31.5. The number of amides is 1. The molecule has 15 heteroatoms. The number of pyridine rings is 1. The van der Waals surface area contributed by atoms with E-state index in [-0.39, 0.29) is 34.2 Å². The van der Waals surface area contributed by atoms with Crippen LogP contribution in [0.1, 0.15) is 47.4 Å². The molecule has 0 aliphatic carbocycles. The number of nitrogens with zero attached hydrogens (tertiary/aromatic N) is 7. The molecular formula is C29H34ClN9O4S. The van der Waals surface area contributed by atoms with Gasteiger partial charge in [0.1, 0.15) is 5.15 Å². The average Bonchev–Trinajstić information content (AvgIpc) is 3.49. The van der Waals surface area contributed by atoms with Gasteiger partial charge >= 0.3 is 0 Å². The monoisotopic (exact) mass is 639 g/mol. The van der Waals surface area contributed by atoms with E-state index in [1.165, 1.54) is 6.07 Å². The van der Waals surface area contributed by atoms with E-state index in [0.717, 1.165) is 49.0 Å². The molecule has 4 aromatic rings. The third-order valence-corrected chi connectivity index (χ3v) is 9.06. The lowest BCUT2D eigenvalue weighted by molar-refractivity contribution is 0.0977. The van der Waals surface area contributed by atoms with Crippen molar-refractivity contribution < 1.29 is 13.2 Å². The number of aryl methyl sites for hydroxylation is 2. The van der Waals surface area contributed by atoms with Gasteiger partial charge in [-0.1, -0.05) is 17.7 Å². The van der Waals surface area contributed by atoms with Crippen LogP contribution in [0.25, 0.3) is 10.9 Å². The third kappa shape index (κ3) is 5.59. The molecule has 2 aliphatic heterocycles. The molecule has 6 rings (SSSR count). The Morgan fingerprint density at radius 2 is 1.82 bits per heavy atom. The Hall–Kier alpha value is -4.17. The lowest BCUT2D eigenvalue weighted by atomic mass is 10.0. The Balaban J connectivity index is 1.38. The van der Waals surface area contributed by atoms with E-state index in [2.05, 4.69) is 25.2 Å². The zero-order valence-corrected chi connectivity index (χ0v) is 26.6. The van der Waals surface area contributed by atoms with Crippen LogP contribution in [-0.2, 0) is 24.1 Å². The summed E-state index contributed by atoms with van der Waals surface area (Å²) in [7, 11) is -0.152. The number of sulfonamides is 1. The van der Waals surface area contributed by atoms with Gasteiger partial charge in [0.2, 0.25) is 16.0 Å². The fourth-order valence-electron chi connectivity index (χ4n) is 6.37. The number of aromatic nitrogens is 5. The normalized spacial score (nSPS) is 19.0. The van der Waals surface area contributed by atoms with Crippen molar-refractivity contribution in [2.24, 2.45) is 14.1 Å². The number of carbonyl (C=O) groups is 1. The lowest BCUT2D eigenvalue weighted by Gasteiger charge is -2.42. The van der Waals surface area contributed by atoms with E-state index in [1.807, 2.05) is 50.1 Å². The van der Waals surface area contributed by atoms with Gasteiger partial charge in [-0.3, -0.25) is 18.8 Å². The minimum absolute atomic E-state index is 0.0379. The van der Waals surface area contributed by atoms with Gasteiger partial charge in [0.05, 0.1) is 40.8 Å². The summed E-state index contributed by atoms with van der Waals surface area (Å²) in [6, 6.07) is 6.80. The fraction of sp³-hybridized carbons (Fsp3) is 0.414. The van der Waals surface area contributed by atoms with Crippen molar-refractivity contribution in [3.05, 3.63) is 69.0 Å². The van der Waals surface area contributed by atoms with Crippen molar-refractivity contribution in [3.8, 4) is 0 Å². The molecule has 0 saturated carbocycles. The topological polar surface area (TPSA) is 147 Å². The van der Waals surface area contributed by atoms with Crippen LogP contribution in [0.3, 0.4) is 0 Å². The van der Waals surface area contributed by atoms with Gasteiger partial charge in [-0.2, -0.15) is 5.10 Å². The van der Waals surface area contributed by atoms with Crippen LogP contribution >= 0.6 is 11.6 Å². The van der Waals surface area contributed by atoms with E-state index in [4.69, 9.17) is 16.6 Å². The van der Waals surface area contributed by atoms with Crippen molar-refractivity contribution >= 4 is 55.8 Å². The van der Waals surface area contributed by atoms with Crippen LogP contribution in [0.4, 0.5) is 17.3 Å². The second-order valence-corrected chi connectivity index (χ2v) is 13.8. The molecule has 1 amide bonds. The Morgan fingerprint density at radius 3 is 2.45 bits per heavy atom. The average molecular weight is 640 g/mol. The molecule has 13 nitrogen and oxygen atoms in total. The SMILES string of the molecule is Cc1cc([C@@H](C)Nc2ccc(Cl)nc2C(=O)NS(C)(=O)=O)c2nc(N3C4CCC3CN(c3cnn(C)c3)C4)n(C)c(=O)c2c1. The molecule has 44 heavy (non-hydrogen) atoms. The number of rotatable bonds is 7. The molecular weight excluding hydrogens is 606 g/mol. The quantitative estimate of drug-likeness (QED) is 0.289. The number of hydrogen-bond acceptors (Lipinski definition) is 10. The Labute approximate surface area is 259 Å². The van der Waals surface area contributed by atoms with E-state index in [1.54, 1.807) is 22.4 Å². The molecule has 3 aromatic heterocycles. The summed E-state index contributed by atoms with van der Waals surface area (Å²) in [5.74, 6) is -0.284. The summed E-state index contributed by atoms with van der Waals surface area (Å²) in [6.07, 6.45) is 6.79. The second kappa shape index (κ2) is 11.1. The highest BCUT2D eigenvalue weighted by atomic mass is 35.5. The first-order valence-corrected chi connectivity index (χ1v) is 16.5.